The third-order valence-electron chi connectivity index (χ3n) is 2.07. The molecule has 1 fully saturated rings. The van der Waals surface area contributed by atoms with E-state index in [2.05, 4.69) is 13.8 Å². The first-order valence-electron chi connectivity index (χ1n) is 3.22. The molecule has 0 aliphatic heterocycles. The molecular formula is C7H12O. The highest BCUT2D eigenvalue weighted by Gasteiger charge is 2.25. The second kappa shape index (κ2) is 1.88. The molecule has 0 radical (unpaired) electrons. The number of ketones is 1. The van der Waals surface area contributed by atoms with Crippen molar-refractivity contribution in [3.63, 3.8) is 0 Å². The van der Waals surface area contributed by atoms with Gasteiger partial charge in [-0.05, 0) is 11.8 Å². The molecular weight excluding hydrogens is 100 g/mol. The van der Waals surface area contributed by atoms with Crippen LogP contribution < -0.4 is 0 Å². The van der Waals surface area contributed by atoms with Gasteiger partial charge in [0.05, 0.1) is 0 Å². The van der Waals surface area contributed by atoms with Gasteiger partial charge in [0.25, 0.3) is 0 Å². The first-order valence-corrected chi connectivity index (χ1v) is 3.22. The lowest BCUT2D eigenvalue weighted by Gasteiger charge is -2.03. The van der Waals surface area contributed by atoms with Gasteiger partial charge >= 0.3 is 0 Å². The van der Waals surface area contributed by atoms with Gasteiger partial charge < -0.3 is 0 Å². The van der Waals surface area contributed by atoms with Gasteiger partial charge in [0.1, 0.15) is 5.78 Å². The Morgan fingerprint density at radius 1 is 1.25 bits per heavy atom. The fraction of sp³-hybridized carbons (Fsp3) is 0.857. The molecule has 0 unspecified atom stereocenters. The van der Waals surface area contributed by atoms with E-state index in [0.29, 0.717) is 17.6 Å². The van der Waals surface area contributed by atoms with Crippen molar-refractivity contribution in [2.45, 2.75) is 26.7 Å². The van der Waals surface area contributed by atoms with Crippen molar-refractivity contribution >= 4 is 5.78 Å². The van der Waals surface area contributed by atoms with Crippen LogP contribution in [0.4, 0.5) is 0 Å². The van der Waals surface area contributed by atoms with Gasteiger partial charge in [-0.3, -0.25) is 4.79 Å². The van der Waals surface area contributed by atoms with E-state index in [1.807, 2.05) is 0 Å². The summed E-state index contributed by atoms with van der Waals surface area (Å²) in [5.41, 5.74) is 0. The molecule has 1 aliphatic rings. The first-order chi connectivity index (χ1) is 3.70. The average molecular weight is 112 g/mol. The van der Waals surface area contributed by atoms with Gasteiger partial charge in [0.2, 0.25) is 0 Å². The molecule has 0 spiro atoms. The third-order valence-corrected chi connectivity index (χ3v) is 2.07. The van der Waals surface area contributed by atoms with Crippen molar-refractivity contribution in [2.24, 2.45) is 11.8 Å². The van der Waals surface area contributed by atoms with E-state index in [0.717, 1.165) is 12.8 Å². The highest BCUT2D eigenvalue weighted by Crippen LogP contribution is 2.27. The number of carbonyl (C=O) groups is 1. The Morgan fingerprint density at radius 3 is 1.75 bits per heavy atom. The predicted octanol–water partition coefficient (Wildman–Crippen LogP) is 1.62. The maximum atomic E-state index is 10.7. The van der Waals surface area contributed by atoms with Crippen molar-refractivity contribution in [3.8, 4) is 0 Å². The minimum absolute atomic E-state index is 0.449. The Labute approximate surface area is 50.1 Å². The summed E-state index contributed by atoms with van der Waals surface area (Å²) in [7, 11) is 0. The van der Waals surface area contributed by atoms with Crippen LogP contribution in [-0.4, -0.2) is 5.78 Å². The van der Waals surface area contributed by atoms with Crippen molar-refractivity contribution in [2.75, 3.05) is 0 Å². The minimum atomic E-state index is 0.449. The largest absolute Gasteiger partial charge is 0.300 e. The predicted molar refractivity (Wildman–Crippen MR) is 32.6 cm³/mol. The van der Waals surface area contributed by atoms with Crippen LogP contribution >= 0.6 is 0 Å². The summed E-state index contributed by atoms with van der Waals surface area (Å²) >= 11 is 0. The SMILES string of the molecule is C[C@H]1CC(=O)C[C@@H]1C. The molecule has 0 aromatic carbocycles. The van der Waals surface area contributed by atoms with E-state index in [1.54, 1.807) is 0 Å². The molecule has 1 saturated carbocycles. The zero-order valence-corrected chi connectivity index (χ0v) is 5.48. The van der Waals surface area contributed by atoms with Crippen LogP contribution in [0, 0.1) is 11.8 Å². The maximum Gasteiger partial charge on any atom is 0.133 e. The number of hydrogen-bond acceptors (Lipinski definition) is 1. The summed E-state index contributed by atoms with van der Waals surface area (Å²) in [4.78, 5) is 10.7. The van der Waals surface area contributed by atoms with Crippen molar-refractivity contribution in [3.05, 3.63) is 0 Å². The van der Waals surface area contributed by atoms with Gasteiger partial charge in [0, 0.05) is 12.8 Å². The topological polar surface area (TPSA) is 17.1 Å². The molecule has 1 aliphatic carbocycles. The van der Waals surface area contributed by atoms with Crippen molar-refractivity contribution in [1.29, 1.82) is 0 Å². The number of hydrogen-bond donors (Lipinski definition) is 0. The maximum absolute atomic E-state index is 10.7. The smallest absolute Gasteiger partial charge is 0.133 e. The summed E-state index contributed by atoms with van der Waals surface area (Å²) in [5.74, 6) is 1.73. The molecule has 0 aromatic heterocycles. The van der Waals surface area contributed by atoms with E-state index in [9.17, 15) is 4.79 Å². The molecule has 0 amide bonds. The van der Waals surface area contributed by atoms with Crippen LogP contribution in [0.2, 0.25) is 0 Å². The molecule has 1 nitrogen and oxygen atoms in total. The normalized spacial score (nSPS) is 38.5. The molecule has 1 heteroatoms. The van der Waals surface area contributed by atoms with Crippen molar-refractivity contribution < 1.29 is 4.79 Å². The van der Waals surface area contributed by atoms with E-state index >= 15 is 0 Å². The minimum Gasteiger partial charge on any atom is -0.300 e. The highest BCUT2D eigenvalue weighted by molar-refractivity contribution is 5.80. The molecule has 0 N–H and O–H groups in total. The van der Waals surface area contributed by atoms with Gasteiger partial charge in [-0.2, -0.15) is 0 Å². The summed E-state index contributed by atoms with van der Waals surface area (Å²) in [6, 6.07) is 0. The molecule has 0 bridgehead atoms. The van der Waals surface area contributed by atoms with Gasteiger partial charge in [-0.25, -0.2) is 0 Å². The Bertz CT molecular complexity index is 95.0. The number of carbonyl (C=O) groups excluding carboxylic acids is 1. The standard InChI is InChI=1S/C7H12O/c1-5-3-7(8)4-6(5)2/h5-6H,3-4H2,1-2H3/t5-,6-/m0/s1. The van der Waals surface area contributed by atoms with E-state index in [4.69, 9.17) is 0 Å². The van der Waals surface area contributed by atoms with Crippen LogP contribution in [0.15, 0.2) is 0 Å². The number of rotatable bonds is 0. The Balaban J connectivity index is 2.51. The quantitative estimate of drug-likeness (QED) is 0.465. The summed E-state index contributed by atoms with van der Waals surface area (Å²) < 4.78 is 0. The van der Waals surface area contributed by atoms with Crippen LogP contribution in [0.3, 0.4) is 0 Å². The van der Waals surface area contributed by atoms with Crippen LogP contribution in [0.1, 0.15) is 26.7 Å². The zero-order chi connectivity index (χ0) is 6.15. The average Bonchev–Trinajstić information content (AvgIpc) is 1.85. The summed E-state index contributed by atoms with van der Waals surface area (Å²) in [6.07, 6.45) is 1.64. The van der Waals surface area contributed by atoms with Gasteiger partial charge in [-0.15, -0.1) is 0 Å². The highest BCUT2D eigenvalue weighted by atomic mass is 16.1. The number of Topliss-reactive ketones (excluding diaryl/α,β-unsaturated/α-hetero) is 1. The lowest BCUT2D eigenvalue weighted by Crippen LogP contribution is -1.95. The fourth-order valence-electron chi connectivity index (χ4n) is 1.20. The van der Waals surface area contributed by atoms with Crippen LogP contribution in [-0.2, 0) is 4.79 Å². The van der Waals surface area contributed by atoms with Crippen molar-refractivity contribution in [1.82, 2.24) is 0 Å². The molecule has 0 heterocycles. The van der Waals surface area contributed by atoms with E-state index in [-0.39, 0.29) is 0 Å². The van der Waals surface area contributed by atoms with Gasteiger partial charge in [-0.1, -0.05) is 13.8 Å². The molecule has 2 atom stereocenters. The fourth-order valence-corrected chi connectivity index (χ4v) is 1.20. The summed E-state index contributed by atoms with van der Waals surface area (Å²) in [6.45, 7) is 4.30. The zero-order valence-electron chi connectivity index (χ0n) is 5.48. The lowest BCUT2D eigenvalue weighted by atomic mass is 10.0. The Morgan fingerprint density at radius 2 is 1.62 bits per heavy atom. The second-order valence-corrected chi connectivity index (χ2v) is 2.90. The monoisotopic (exact) mass is 112 g/mol. The third kappa shape index (κ3) is 0.908. The second-order valence-electron chi connectivity index (χ2n) is 2.90. The lowest BCUT2D eigenvalue weighted by molar-refractivity contribution is -0.117. The molecule has 46 valence electrons. The molecule has 0 saturated heterocycles. The molecule has 1 rings (SSSR count). The van der Waals surface area contributed by atoms with Gasteiger partial charge in [0.15, 0.2) is 0 Å². The Hall–Kier alpha value is -0.330. The Kier molecular flexibility index (Phi) is 1.37. The molecule has 0 aromatic rings. The van der Waals surface area contributed by atoms with Crippen LogP contribution in [0.5, 0.6) is 0 Å². The summed E-state index contributed by atoms with van der Waals surface area (Å²) in [5, 5.41) is 0. The van der Waals surface area contributed by atoms with Crippen LogP contribution in [0.25, 0.3) is 0 Å². The van der Waals surface area contributed by atoms with E-state index in [1.165, 1.54) is 0 Å². The van der Waals surface area contributed by atoms with E-state index < -0.39 is 0 Å². The molecule has 8 heavy (non-hydrogen) atoms. The first kappa shape index (κ1) is 5.80.